The molecule has 0 aromatic heterocycles. The molecule has 0 saturated carbocycles. The Hall–Kier alpha value is -0.513. The Morgan fingerprint density at radius 3 is 1.79 bits per heavy atom. The van der Waals surface area contributed by atoms with E-state index in [0.717, 1.165) is 12.8 Å². The number of rotatable bonds is 11. The Bertz CT molecular complexity index is 224. The minimum atomic E-state index is -1.79. The summed E-state index contributed by atoms with van der Waals surface area (Å²) in [5.41, 5.74) is 0. The summed E-state index contributed by atoms with van der Waals surface area (Å²) in [4.78, 5) is 11.3. The summed E-state index contributed by atoms with van der Waals surface area (Å²) in [6.07, 6.45) is 10.9. The normalized spacial score (nSPS) is 11.4. The Balaban J connectivity index is 3.21. The molecule has 0 aliphatic heterocycles. The van der Waals surface area contributed by atoms with Crippen LogP contribution in [-0.2, 0) is 9.16 Å². The second kappa shape index (κ2) is 11.3. The Morgan fingerprint density at radius 2 is 1.32 bits per heavy atom. The van der Waals surface area contributed by atoms with E-state index in [-0.39, 0.29) is 0 Å². The van der Waals surface area contributed by atoms with Crippen LogP contribution in [0.4, 0.5) is 4.79 Å². The van der Waals surface area contributed by atoms with Gasteiger partial charge in [-0.3, -0.25) is 0 Å². The molecule has 0 aliphatic rings. The maximum Gasteiger partial charge on any atom is 0.494 e. The number of unbranched alkanes of at least 4 members (excludes halogenated alkanes) is 8. The van der Waals surface area contributed by atoms with Gasteiger partial charge < -0.3 is 9.16 Å². The van der Waals surface area contributed by atoms with Gasteiger partial charge in [-0.2, -0.15) is 0 Å². The first-order valence-electron chi connectivity index (χ1n) is 7.81. The molecule has 0 aliphatic carbocycles. The number of carbonyl (C=O) groups excluding carboxylic acids is 1. The maximum atomic E-state index is 11.3. The highest BCUT2D eigenvalue weighted by Crippen LogP contribution is 2.10. The number of hydrogen-bond donors (Lipinski definition) is 0. The van der Waals surface area contributed by atoms with Crippen molar-refractivity contribution in [2.45, 2.75) is 84.4 Å². The van der Waals surface area contributed by atoms with Gasteiger partial charge in [0.05, 0.1) is 6.61 Å². The highest BCUT2D eigenvalue weighted by atomic mass is 28.4. The van der Waals surface area contributed by atoms with Crippen molar-refractivity contribution in [1.82, 2.24) is 0 Å². The molecule has 0 bridgehead atoms. The first-order chi connectivity index (χ1) is 8.95. The molecule has 0 saturated heterocycles. The Labute approximate surface area is 120 Å². The van der Waals surface area contributed by atoms with Gasteiger partial charge in [0.2, 0.25) is 0 Å². The molecule has 0 atom stereocenters. The zero-order chi connectivity index (χ0) is 14.6. The highest BCUT2D eigenvalue weighted by molar-refractivity contribution is 6.71. The zero-order valence-electron chi connectivity index (χ0n) is 13.3. The predicted molar refractivity (Wildman–Crippen MR) is 83.0 cm³/mol. The lowest BCUT2D eigenvalue weighted by Crippen LogP contribution is -2.29. The summed E-state index contributed by atoms with van der Waals surface area (Å²) in [6, 6.07) is 0. The fourth-order valence-corrected chi connectivity index (χ4v) is 2.41. The predicted octanol–water partition coefficient (Wildman–Crippen LogP) is 5.51. The third-order valence-electron chi connectivity index (χ3n) is 2.86. The van der Waals surface area contributed by atoms with Gasteiger partial charge in [0.1, 0.15) is 0 Å². The van der Waals surface area contributed by atoms with Gasteiger partial charge in [-0.1, -0.05) is 58.3 Å². The molecular weight excluding hydrogens is 256 g/mol. The van der Waals surface area contributed by atoms with Crippen LogP contribution in [0.2, 0.25) is 19.6 Å². The van der Waals surface area contributed by atoms with Crippen LogP contribution in [0.15, 0.2) is 0 Å². The lowest BCUT2D eigenvalue weighted by molar-refractivity contribution is 0.0953. The van der Waals surface area contributed by atoms with Crippen molar-refractivity contribution in [2.75, 3.05) is 6.61 Å². The lowest BCUT2D eigenvalue weighted by Gasteiger charge is -2.16. The van der Waals surface area contributed by atoms with Gasteiger partial charge in [0.25, 0.3) is 8.32 Å². The molecule has 0 fully saturated rings. The first kappa shape index (κ1) is 18.5. The van der Waals surface area contributed by atoms with Crippen LogP contribution in [0.5, 0.6) is 0 Å². The Kier molecular flexibility index (Phi) is 11.0. The molecule has 0 unspecified atom stereocenters. The van der Waals surface area contributed by atoms with Crippen molar-refractivity contribution >= 4 is 14.5 Å². The molecule has 0 amide bonds. The minimum Gasteiger partial charge on any atom is -0.490 e. The minimum absolute atomic E-state index is 0.487. The van der Waals surface area contributed by atoms with E-state index in [9.17, 15) is 4.79 Å². The second-order valence-corrected chi connectivity index (χ2v) is 10.6. The molecule has 0 aromatic carbocycles. The molecule has 0 heterocycles. The van der Waals surface area contributed by atoms with Crippen molar-refractivity contribution in [1.29, 1.82) is 0 Å². The summed E-state index contributed by atoms with van der Waals surface area (Å²) >= 11 is 0. The third-order valence-corrected chi connectivity index (χ3v) is 3.64. The van der Waals surface area contributed by atoms with E-state index >= 15 is 0 Å². The molecule has 0 aromatic rings. The van der Waals surface area contributed by atoms with Crippen LogP contribution >= 0.6 is 0 Å². The third kappa shape index (κ3) is 15.4. The number of carbonyl (C=O) groups is 1. The van der Waals surface area contributed by atoms with Gasteiger partial charge >= 0.3 is 6.16 Å². The largest absolute Gasteiger partial charge is 0.494 e. The van der Waals surface area contributed by atoms with E-state index < -0.39 is 14.5 Å². The van der Waals surface area contributed by atoms with Gasteiger partial charge in [-0.15, -0.1) is 0 Å². The maximum absolute atomic E-state index is 11.3. The highest BCUT2D eigenvalue weighted by Gasteiger charge is 2.20. The number of hydrogen-bond acceptors (Lipinski definition) is 3. The van der Waals surface area contributed by atoms with Crippen molar-refractivity contribution < 1.29 is 14.0 Å². The summed E-state index contributed by atoms with van der Waals surface area (Å²) in [5.74, 6) is 0. The van der Waals surface area contributed by atoms with Crippen LogP contribution in [-0.4, -0.2) is 21.1 Å². The van der Waals surface area contributed by atoms with Crippen LogP contribution < -0.4 is 0 Å². The fraction of sp³-hybridized carbons (Fsp3) is 0.933. The molecule has 4 heteroatoms. The van der Waals surface area contributed by atoms with Crippen molar-refractivity contribution in [2.24, 2.45) is 0 Å². The average Bonchev–Trinajstić information content (AvgIpc) is 2.29. The van der Waals surface area contributed by atoms with E-state index in [0.29, 0.717) is 6.61 Å². The quantitative estimate of drug-likeness (QED) is 0.286. The molecule has 114 valence electrons. The van der Waals surface area contributed by atoms with Gasteiger partial charge in [0, 0.05) is 0 Å². The topological polar surface area (TPSA) is 35.5 Å². The van der Waals surface area contributed by atoms with Gasteiger partial charge in [-0.25, -0.2) is 4.79 Å². The lowest BCUT2D eigenvalue weighted by atomic mass is 10.1. The molecule has 0 rings (SSSR count). The molecule has 3 nitrogen and oxygen atoms in total. The van der Waals surface area contributed by atoms with E-state index in [1.54, 1.807) is 0 Å². The van der Waals surface area contributed by atoms with Crippen LogP contribution in [0.3, 0.4) is 0 Å². The smallest absolute Gasteiger partial charge is 0.490 e. The van der Waals surface area contributed by atoms with Crippen molar-refractivity contribution in [3.8, 4) is 0 Å². The van der Waals surface area contributed by atoms with Crippen LogP contribution in [0, 0.1) is 0 Å². The summed E-state index contributed by atoms with van der Waals surface area (Å²) in [6.45, 7) is 8.68. The van der Waals surface area contributed by atoms with Crippen LogP contribution in [0.1, 0.15) is 64.7 Å². The number of ether oxygens (including phenoxy) is 1. The first-order valence-corrected chi connectivity index (χ1v) is 11.2. The second-order valence-electron chi connectivity index (χ2n) is 6.14. The van der Waals surface area contributed by atoms with E-state index in [1.165, 1.54) is 44.9 Å². The van der Waals surface area contributed by atoms with E-state index in [2.05, 4.69) is 6.92 Å². The molecule has 0 spiro atoms. The Morgan fingerprint density at radius 1 is 0.842 bits per heavy atom. The van der Waals surface area contributed by atoms with Crippen molar-refractivity contribution in [3.05, 3.63) is 0 Å². The average molecular weight is 289 g/mol. The molecule has 0 N–H and O–H groups in total. The fourth-order valence-electron chi connectivity index (χ4n) is 1.85. The van der Waals surface area contributed by atoms with Gasteiger partial charge in [-0.05, 0) is 26.1 Å². The summed E-state index contributed by atoms with van der Waals surface area (Å²) in [5, 5.41) is 0. The SMILES string of the molecule is CCCCCCCCCCCOC(=O)O[Si](C)(C)C. The standard InChI is InChI=1S/C15H32O3Si/c1-5-6-7-8-9-10-11-12-13-14-17-15(16)18-19(2,3)4/h5-14H2,1-4H3. The molecule has 19 heavy (non-hydrogen) atoms. The van der Waals surface area contributed by atoms with Crippen LogP contribution in [0.25, 0.3) is 0 Å². The van der Waals surface area contributed by atoms with E-state index in [4.69, 9.17) is 9.16 Å². The van der Waals surface area contributed by atoms with E-state index in [1.807, 2.05) is 19.6 Å². The summed E-state index contributed by atoms with van der Waals surface area (Å²) in [7, 11) is -1.79. The molecular formula is C15H32O3Si. The zero-order valence-corrected chi connectivity index (χ0v) is 14.3. The van der Waals surface area contributed by atoms with Gasteiger partial charge in [0.15, 0.2) is 0 Å². The molecule has 0 radical (unpaired) electrons. The summed E-state index contributed by atoms with van der Waals surface area (Å²) < 4.78 is 10.2. The monoisotopic (exact) mass is 288 g/mol. The van der Waals surface area contributed by atoms with Crippen molar-refractivity contribution in [3.63, 3.8) is 0 Å².